The minimum atomic E-state index is -0.0260. The van der Waals surface area contributed by atoms with Crippen LogP contribution in [0.5, 0.6) is 0 Å². The molecular weight excluding hydrogens is 202 g/mol. The monoisotopic (exact) mass is 221 g/mol. The summed E-state index contributed by atoms with van der Waals surface area (Å²) in [6.45, 7) is 8.21. The molecule has 0 aliphatic rings. The molecule has 0 aliphatic carbocycles. The quantitative estimate of drug-likeness (QED) is 0.804. The van der Waals surface area contributed by atoms with Crippen LogP contribution in [0.2, 0.25) is 0 Å². The molecule has 0 aromatic carbocycles. The number of hydrogen-bond acceptors (Lipinski definition) is 2. The van der Waals surface area contributed by atoms with Crippen molar-refractivity contribution >= 4 is 10.9 Å². The predicted molar refractivity (Wildman–Crippen MR) is 66.8 cm³/mol. The van der Waals surface area contributed by atoms with E-state index in [1.807, 2.05) is 20.0 Å². The summed E-state index contributed by atoms with van der Waals surface area (Å²) in [5, 5.41) is 7.58. The van der Waals surface area contributed by atoms with E-state index in [0.717, 1.165) is 10.9 Å². The summed E-state index contributed by atoms with van der Waals surface area (Å²) in [7, 11) is 1.76. The van der Waals surface area contributed by atoms with E-state index in [2.05, 4.69) is 24.0 Å². The molecule has 2 heterocycles. The summed E-state index contributed by atoms with van der Waals surface area (Å²) in [5.41, 5.74) is 1.72. The minimum absolute atomic E-state index is 0.0260. The van der Waals surface area contributed by atoms with Gasteiger partial charge in [-0.1, -0.05) is 27.7 Å². The van der Waals surface area contributed by atoms with Gasteiger partial charge in [0.15, 0.2) is 0 Å². The van der Waals surface area contributed by atoms with E-state index in [9.17, 15) is 4.79 Å². The molecule has 0 saturated carbocycles. The molecule has 4 heteroatoms. The zero-order valence-electron chi connectivity index (χ0n) is 10.5. The average Bonchev–Trinajstić information content (AvgIpc) is 2.75. The first-order valence-electron chi connectivity index (χ1n) is 5.64. The second kappa shape index (κ2) is 4.96. The maximum Gasteiger partial charge on any atom is 0.276 e. The Morgan fingerprint density at radius 1 is 1.38 bits per heavy atom. The fraction of sp³-hybridized carbons (Fsp3) is 0.500. The minimum Gasteiger partial charge on any atom is -0.316 e. The van der Waals surface area contributed by atoms with Crippen LogP contribution in [0, 0.1) is 0 Å². The Hall–Kier alpha value is -1.58. The van der Waals surface area contributed by atoms with Crippen molar-refractivity contribution < 1.29 is 0 Å². The number of nitrogens with one attached hydrogen (secondary N) is 1. The molecule has 88 valence electrons. The van der Waals surface area contributed by atoms with Crippen LogP contribution in [0.15, 0.2) is 17.2 Å². The van der Waals surface area contributed by atoms with E-state index in [-0.39, 0.29) is 5.56 Å². The Morgan fingerprint density at radius 2 is 2.00 bits per heavy atom. The number of nitrogens with zero attached hydrogens (tertiary/aromatic N) is 2. The maximum atomic E-state index is 11.7. The second-order valence-electron chi connectivity index (χ2n) is 3.81. The summed E-state index contributed by atoms with van der Waals surface area (Å²) in [4.78, 5) is 11.7. The molecule has 2 aromatic heterocycles. The van der Waals surface area contributed by atoms with Gasteiger partial charge in [0.05, 0.1) is 6.20 Å². The number of aromatic amines is 1. The maximum absolute atomic E-state index is 11.7. The molecule has 0 atom stereocenters. The fourth-order valence-corrected chi connectivity index (χ4v) is 1.64. The lowest BCUT2D eigenvalue weighted by Crippen LogP contribution is -2.17. The van der Waals surface area contributed by atoms with Crippen molar-refractivity contribution in [3.05, 3.63) is 28.3 Å². The molecule has 0 unspecified atom stereocenters. The van der Waals surface area contributed by atoms with Gasteiger partial charge in [-0.15, -0.1) is 0 Å². The van der Waals surface area contributed by atoms with Gasteiger partial charge in [0.25, 0.3) is 5.56 Å². The SMILES string of the molecule is CC.CC(C)c1cn(C)c(=O)c2[nH]ncc12. The number of hydrogen-bond donors (Lipinski definition) is 1. The largest absolute Gasteiger partial charge is 0.316 e. The predicted octanol–water partition coefficient (Wildman–Crippen LogP) is 2.41. The van der Waals surface area contributed by atoms with E-state index < -0.39 is 0 Å². The van der Waals surface area contributed by atoms with Crippen LogP contribution < -0.4 is 5.56 Å². The fourth-order valence-electron chi connectivity index (χ4n) is 1.64. The Bertz CT molecular complexity index is 523. The molecule has 16 heavy (non-hydrogen) atoms. The highest BCUT2D eigenvalue weighted by Crippen LogP contribution is 2.20. The van der Waals surface area contributed by atoms with Gasteiger partial charge >= 0.3 is 0 Å². The molecule has 0 saturated heterocycles. The normalized spacial score (nSPS) is 10.4. The number of rotatable bonds is 1. The molecule has 4 nitrogen and oxygen atoms in total. The highest BCUT2D eigenvalue weighted by Gasteiger charge is 2.10. The van der Waals surface area contributed by atoms with Crippen LogP contribution in [0.25, 0.3) is 10.9 Å². The van der Waals surface area contributed by atoms with Crippen molar-refractivity contribution in [2.75, 3.05) is 0 Å². The van der Waals surface area contributed by atoms with Gasteiger partial charge in [0, 0.05) is 18.6 Å². The molecule has 2 rings (SSSR count). The van der Waals surface area contributed by atoms with Crippen molar-refractivity contribution in [3.63, 3.8) is 0 Å². The third-order valence-corrected chi connectivity index (χ3v) is 2.44. The topological polar surface area (TPSA) is 50.7 Å². The zero-order chi connectivity index (χ0) is 12.3. The number of aryl methyl sites for hydroxylation is 1. The Kier molecular flexibility index (Phi) is 3.88. The lowest BCUT2D eigenvalue weighted by molar-refractivity contribution is 0.808. The highest BCUT2D eigenvalue weighted by molar-refractivity contribution is 5.80. The first kappa shape index (κ1) is 12.5. The molecule has 2 aromatic rings. The smallest absolute Gasteiger partial charge is 0.276 e. The molecule has 0 radical (unpaired) electrons. The lowest BCUT2D eigenvalue weighted by Gasteiger charge is -2.08. The lowest BCUT2D eigenvalue weighted by atomic mass is 10.0. The van der Waals surface area contributed by atoms with Crippen molar-refractivity contribution in [1.29, 1.82) is 0 Å². The van der Waals surface area contributed by atoms with Crippen LogP contribution in [0.4, 0.5) is 0 Å². The van der Waals surface area contributed by atoms with E-state index in [4.69, 9.17) is 0 Å². The van der Waals surface area contributed by atoms with E-state index in [1.54, 1.807) is 17.8 Å². The third kappa shape index (κ3) is 2.01. The van der Waals surface area contributed by atoms with Crippen molar-refractivity contribution in [1.82, 2.24) is 14.8 Å². The summed E-state index contributed by atoms with van der Waals surface area (Å²) < 4.78 is 1.59. The Morgan fingerprint density at radius 3 is 2.56 bits per heavy atom. The standard InChI is InChI=1S/C10H13N3O.C2H6/c1-6(2)8-5-13(3)10(14)9-7(8)4-11-12-9;1-2/h4-6H,1-3H3,(H,11,12);1-2H3. The van der Waals surface area contributed by atoms with Crippen LogP contribution >= 0.6 is 0 Å². The molecule has 0 aliphatic heterocycles. The van der Waals surface area contributed by atoms with E-state index in [1.165, 1.54) is 0 Å². The van der Waals surface area contributed by atoms with Gasteiger partial charge in [-0.2, -0.15) is 5.10 Å². The number of fused-ring (bicyclic) bond motifs is 1. The third-order valence-electron chi connectivity index (χ3n) is 2.44. The Balaban J connectivity index is 0.000000606. The van der Waals surface area contributed by atoms with Crippen LogP contribution in [-0.4, -0.2) is 14.8 Å². The number of aromatic nitrogens is 3. The van der Waals surface area contributed by atoms with Gasteiger partial charge in [0.2, 0.25) is 0 Å². The van der Waals surface area contributed by atoms with Crippen LogP contribution in [0.3, 0.4) is 0 Å². The average molecular weight is 221 g/mol. The number of H-pyrrole nitrogens is 1. The van der Waals surface area contributed by atoms with Gasteiger partial charge in [0.1, 0.15) is 5.52 Å². The molecular formula is C12H19N3O. The first-order valence-corrected chi connectivity index (χ1v) is 5.64. The second-order valence-corrected chi connectivity index (χ2v) is 3.81. The molecule has 0 spiro atoms. The summed E-state index contributed by atoms with van der Waals surface area (Å²) in [5.74, 6) is 0.391. The first-order chi connectivity index (χ1) is 7.61. The van der Waals surface area contributed by atoms with Gasteiger partial charge in [-0.05, 0) is 11.5 Å². The highest BCUT2D eigenvalue weighted by atomic mass is 16.1. The van der Waals surface area contributed by atoms with Crippen molar-refractivity contribution in [2.24, 2.45) is 7.05 Å². The van der Waals surface area contributed by atoms with Crippen molar-refractivity contribution in [3.8, 4) is 0 Å². The van der Waals surface area contributed by atoms with Gasteiger partial charge in [-0.3, -0.25) is 9.89 Å². The van der Waals surface area contributed by atoms with E-state index >= 15 is 0 Å². The van der Waals surface area contributed by atoms with Crippen LogP contribution in [-0.2, 0) is 7.05 Å². The molecule has 0 bridgehead atoms. The molecule has 0 amide bonds. The van der Waals surface area contributed by atoms with Gasteiger partial charge in [-0.25, -0.2) is 0 Å². The van der Waals surface area contributed by atoms with Gasteiger partial charge < -0.3 is 4.57 Å². The summed E-state index contributed by atoms with van der Waals surface area (Å²) >= 11 is 0. The molecule has 0 fully saturated rings. The summed E-state index contributed by atoms with van der Waals surface area (Å²) in [6, 6.07) is 0. The number of pyridine rings is 1. The zero-order valence-corrected chi connectivity index (χ0v) is 10.5. The summed E-state index contributed by atoms with van der Waals surface area (Å²) in [6.07, 6.45) is 3.59. The van der Waals surface area contributed by atoms with Crippen molar-refractivity contribution in [2.45, 2.75) is 33.6 Å². The van der Waals surface area contributed by atoms with E-state index in [0.29, 0.717) is 11.4 Å². The van der Waals surface area contributed by atoms with Crippen LogP contribution in [0.1, 0.15) is 39.2 Å². The Labute approximate surface area is 95.3 Å². The molecule has 1 N–H and O–H groups in total.